The summed E-state index contributed by atoms with van der Waals surface area (Å²) in [4.78, 5) is 33.9. The maximum absolute atomic E-state index is 14.9. The lowest BCUT2D eigenvalue weighted by molar-refractivity contribution is -0.158. The number of nitrogens with zero attached hydrogens (tertiary/aromatic N) is 3. The van der Waals surface area contributed by atoms with Crippen LogP contribution in [0.15, 0.2) is 30.6 Å². The number of hydrogen-bond acceptors (Lipinski definition) is 4. The minimum atomic E-state index is -4.61. The standard InChI is InChI=1S/C21H17F5N4O2/c22-12-7-27-18(28-8-12)29-16(31)9-30-10-19(3-4-19)14-5-11(1-2-13(14)17(30)32)20(23)6-15(20)21(24,25)26/h1-2,5,7-8,15H,3-4,6,9-10H2,(H,27,28,29,31)/t15-,20+/m0/s1. The largest absolute Gasteiger partial charge is 0.395 e. The third-order valence-electron chi connectivity index (χ3n) is 6.43. The monoisotopic (exact) mass is 452 g/mol. The van der Waals surface area contributed by atoms with Crippen molar-refractivity contribution in [3.63, 3.8) is 0 Å². The molecule has 2 saturated carbocycles. The van der Waals surface area contributed by atoms with Gasteiger partial charge in [0.25, 0.3) is 5.91 Å². The zero-order valence-corrected chi connectivity index (χ0v) is 16.5. The summed E-state index contributed by atoms with van der Waals surface area (Å²) in [5.41, 5.74) is -2.21. The Bertz CT molecular complexity index is 1120. The Kier molecular flexibility index (Phi) is 4.35. The maximum Gasteiger partial charge on any atom is 0.395 e. The van der Waals surface area contributed by atoms with Crippen LogP contribution in [-0.4, -0.2) is 45.9 Å². The van der Waals surface area contributed by atoms with Crippen LogP contribution in [0.4, 0.5) is 27.9 Å². The number of alkyl halides is 4. The van der Waals surface area contributed by atoms with Crippen molar-refractivity contribution in [2.75, 3.05) is 18.4 Å². The Labute approximate surface area is 178 Å². The zero-order valence-electron chi connectivity index (χ0n) is 16.5. The van der Waals surface area contributed by atoms with Gasteiger partial charge in [-0.15, -0.1) is 0 Å². The first kappa shape index (κ1) is 20.8. The summed E-state index contributed by atoms with van der Waals surface area (Å²) >= 11 is 0. The van der Waals surface area contributed by atoms with Crippen molar-refractivity contribution in [3.8, 4) is 0 Å². The fraction of sp³-hybridized carbons (Fsp3) is 0.429. The van der Waals surface area contributed by atoms with Crippen LogP contribution in [0.5, 0.6) is 0 Å². The zero-order chi connectivity index (χ0) is 22.9. The van der Waals surface area contributed by atoms with Crippen molar-refractivity contribution < 1.29 is 31.5 Å². The Morgan fingerprint density at radius 3 is 2.50 bits per heavy atom. The molecule has 0 bridgehead atoms. The van der Waals surface area contributed by atoms with Gasteiger partial charge in [-0.2, -0.15) is 13.2 Å². The van der Waals surface area contributed by atoms with Gasteiger partial charge in [-0.05, 0) is 30.0 Å². The number of carbonyl (C=O) groups is 2. The Hall–Kier alpha value is -3.11. The smallest absolute Gasteiger partial charge is 0.328 e. The Balaban J connectivity index is 1.36. The quantitative estimate of drug-likeness (QED) is 0.721. The van der Waals surface area contributed by atoms with E-state index in [1.165, 1.54) is 23.1 Å². The van der Waals surface area contributed by atoms with Crippen LogP contribution in [0.1, 0.15) is 40.7 Å². The molecule has 2 fully saturated rings. The molecule has 0 radical (unpaired) electrons. The highest BCUT2D eigenvalue weighted by atomic mass is 19.4. The normalized spacial score (nSPS) is 25.5. The van der Waals surface area contributed by atoms with Crippen molar-refractivity contribution in [1.82, 2.24) is 14.9 Å². The molecule has 2 amide bonds. The number of amides is 2. The molecule has 6 nitrogen and oxygen atoms in total. The van der Waals surface area contributed by atoms with Gasteiger partial charge in [0.1, 0.15) is 12.2 Å². The molecule has 1 spiro atoms. The second-order valence-corrected chi connectivity index (χ2v) is 8.64. The van der Waals surface area contributed by atoms with Gasteiger partial charge in [0.2, 0.25) is 11.9 Å². The predicted octanol–water partition coefficient (Wildman–Crippen LogP) is 3.49. The average molecular weight is 452 g/mol. The lowest BCUT2D eigenvalue weighted by atomic mass is 9.84. The van der Waals surface area contributed by atoms with E-state index in [4.69, 9.17) is 0 Å². The summed E-state index contributed by atoms with van der Waals surface area (Å²) in [7, 11) is 0. The summed E-state index contributed by atoms with van der Waals surface area (Å²) in [6, 6.07) is 3.98. The second-order valence-electron chi connectivity index (χ2n) is 8.64. The number of hydrogen-bond donors (Lipinski definition) is 1. The maximum atomic E-state index is 14.9. The number of anilines is 1. The van der Waals surface area contributed by atoms with Gasteiger partial charge in [0.15, 0.2) is 5.82 Å². The van der Waals surface area contributed by atoms with E-state index in [1.807, 2.05) is 0 Å². The Morgan fingerprint density at radius 1 is 1.22 bits per heavy atom. The third-order valence-corrected chi connectivity index (χ3v) is 6.43. The van der Waals surface area contributed by atoms with E-state index < -0.39 is 47.2 Å². The number of benzene rings is 1. The molecule has 1 N–H and O–H groups in total. The molecule has 11 heteroatoms. The highest BCUT2D eigenvalue weighted by Crippen LogP contribution is 2.63. The fourth-order valence-corrected chi connectivity index (χ4v) is 4.47. The molecule has 1 aromatic carbocycles. The van der Waals surface area contributed by atoms with E-state index in [9.17, 15) is 31.5 Å². The van der Waals surface area contributed by atoms with Crippen LogP contribution in [0.2, 0.25) is 0 Å². The first-order valence-electron chi connectivity index (χ1n) is 9.99. The lowest BCUT2D eigenvalue weighted by Gasteiger charge is -2.34. The van der Waals surface area contributed by atoms with E-state index >= 15 is 0 Å². The number of fused-ring (bicyclic) bond motifs is 2. The topological polar surface area (TPSA) is 75.2 Å². The lowest BCUT2D eigenvalue weighted by Crippen LogP contribution is -2.47. The van der Waals surface area contributed by atoms with Crippen LogP contribution in [0.25, 0.3) is 0 Å². The van der Waals surface area contributed by atoms with Crippen LogP contribution in [0.3, 0.4) is 0 Å². The number of nitrogens with one attached hydrogen (secondary N) is 1. The van der Waals surface area contributed by atoms with Gasteiger partial charge in [0.05, 0.1) is 18.3 Å². The summed E-state index contributed by atoms with van der Waals surface area (Å²) < 4.78 is 66.7. The molecule has 0 unspecified atom stereocenters. The van der Waals surface area contributed by atoms with Crippen LogP contribution < -0.4 is 5.32 Å². The molecule has 2 aromatic rings. The molecule has 2 aliphatic carbocycles. The highest BCUT2D eigenvalue weighted by Gasteiger charge is 2.69. The molecule has 32 heavy (non-hydrogen) atoms. The van der Waals surface area contributed by atoms with Gasteiger partial charge >= 0.3 is 6.18 Å². The first-order valence-corrected chi connectivity index (χ1v) is 9.99. The minimum Gasteiger partial charge on any atom is -0.328 e. The highest BCUT2D eigenvalue weighted by molar-refractivity contribution is 6.01. The van der Waals surface area contributed by atoms with Gasteiger partial charge < -0.3 is 4.90 Å². The van der Waals surface area contributed by atoms with Crippen molar-refractivity contribution in [2.45, 2.75) is 36.5 Å². The van der Waals surface area contributed by atoms with Crippen molar-refractivity contribution >= 4 is 17.8 Å². The van der Waals surface area contributed by atoms with Gasteiger partial charge in [0, 0.05) is 23.9 Å². The molecule has 2 atom stereocenters. The van der Waals surface area contributed by atoms with Crippen LogP contribution >= 0.6 is 0 Å². The molecule has 0 saturated heterocycles. The molecule has 5 rings (SSSR count). The predicted molar refractivity (Wildman–Crippen MR) is 101 cm³/mol. The SMILES string of the molecule is O=C(CN1CC2(CC2)c2cc([C@]3(F)C[C@@H]3C(F)(F)F)ccc2C1=O)Nc1ncc(F)cn1. The average Bonchev–Trinajstić information content (AvgIpc) is 3.64. The molecule has 1 aromatic heterocycles. The second kappa shape index (κ2) is 6.69. The molecular formula is C21H17F5N4O2. The van der Waals surface area contributed by atoms with Gasteiger partial charge in [-0.25, -0.2) is 18.7 Å². The minimum absolute atomic E-state index is 0.0581. The molecule has 1 aliphatic heterocycles. The molecule has 3 aliphatic rings. The molecular weight excluding hydrogens is 435 g/mol. The summed E-state index contributed by atoms with van der Waals surface area (Å²) in [5.74, 6) is -3.84. The first-order chi connectivity index (χ1) is 15.0. The fourth-order valence-electron chi connectivity index (χ4n) is 4.47. The van der Waals surface area contributed by atoms with Crippen molar-refractivity contribution in [3.05, 3.63) is 53.1 Å². The van der Waals surface area contributed by atoms with Gasteiger partial charge in [-0.1, -0.05) is 12.1 Å². The molecule has 168 valence electrons. The number of halogens is 5. The van der Waals surface area contributed by atoms with E-state index in [1.54, 1.807) is 0 Å². The van der Waals surface area contributed by atoms with E-state index in [2.05, 4.69) is 15.3 Å². The third kappa shape index (κ3) is 3.39. The van der Waals surface area contributed by atoms with Gasteiger partial charge in [-0.3, -0.25) is 14.9 Å². The number of aromatic nitrogens is 2. The van der Waals surface area contributed by atoms with Crippen molar-refractivity contribution in [1.29, 1.82) is 0 Å². The summed E-state index contributed by atoms with van der Waals surface area (Å²) in [5, 5.41) is 2.39. The summed E-state index contributed by atoms with van der Waals surface area (Å²) in [6.45, 7) is -0.103. The number of carbonyl (C=O) groups excluding carboxylic acids is 2. The van der Waals surface area contributed by atoms with E-state index in [-0.39, 0.29) is 30.2 Å². The van der Waals surface area contributed by atoms with E-state index in [0.717, 1.165) is 12.4 Å². The number of rotatable bonds is 4. The van der Waals surface area contributed by atoms with Crippen molar-refractivity contribution in [2.24, 2.45) is 5.92 Å². The molecule has 2 heterocycles. The summed E-state index contributed by atoms with van der Waals surface area (Å²) in [6.07, 6.45) is -2.09. The van der Waals surface area contributed by atoms with Crippen LogP contribution in [-0.2, 0) is 15.9 Å². The van der Waals surface area contributed by atoms with Crippen LogP contribution in [0, 0.1) is 11.7 Å². The Morgan fingerprint density at radius 2 is 1.91 bits per heavy atom. The van der Waals surface area contributed by atoms with E-state index in [0.29, 0.717) is 18.4 Å².